The normalized spacial score (nSPS) is 24.1. The van der Waals surface area contributed by atoms with E-state index in [1.54, 1.807) is 0 Å². The number of ether oxygens (including phenoxy) is 1. The van der Waals surface area contributed by atoms with Gasteiger partial charge in [-0.1, -0.05) is 30.3 Å². The summed E-state index contributed by atoms with van der Waals surface area (Å²) in [6.07, 6.45) is 8.86. The smallest absolute Gasteiger partial charge is 0.194 e. The van der Waals surface area contributed by atoms with Gasteiger partial charge < -0.3 is 4.74 Å². The number of benzene rings is 3. The van der Waals surface area contributed by atoms with Gasteiger partial charge in [-0.2, -0.15) is 0 Å². The van der Waals surface area contributed by atoms with Crippen LogP contribution in [0.15, 0.2) is 54.6 Å². The third-order valence-corrected chi connectivity index (χ3v) is 8.40. The van der Waals surface area contributed by atoms with E-state index in [0.717, 1.165) is 43.7 Å². The monoisotopic (exact) mass is 514 g/mol. The van der Waals surface area contributed by atoms with Crippen LogP contribution < -0.4 is 4.74 Å². The summed E-state index contributed by atoms with van der Waals surface area (Å²) in [7, 11) is 0. The number of rotatable bonds is 6. The van der Waals surface area contributed by atoms with Crippen molar-refractivity contribution in [2.75, 3.05) is 0 Å². The van der Waals surface area contributed by atoms with Crippen molar-refractivity contribution >= 4 is 0 Å². The fraction of sp³-hybridized carbons (Fsp3) is 0.419. The Kier molecular flexibility index (Phi) is 7.82. The van der Waals surface area contributed by atoms with Crippen LogP contribution in [0.3, 0.4) is 0 Å². The Labute approximate surface area is 214 Å². The lowest BCUT2D eigenvalue weighted by molar-refractivity contribution is 0.176. The highest BCUT2D eigenvalue weighted by atomic mass is 19.2. The van der Waals surface area contributed by atoms with E-state index >= 15 is 0 Å². The zero-order chi connectivity index (χ0) is 25.9. The minimum absolute atomic E-state index is 0.0598. The third kappa shape index (κ3) is 5.83. The molecule has 2 fully saturated rings. The van der Waals surface area contributed by atoms with Crippen LogP contribution in [0.1, 0.15) is 79.9 Å². The molecule has 0 saturated heterocycles. The molecule has 6 heteroatoms. The standard InChI is InChI=1S/C31H31F5O/c32-26-14-19(15-27(33)30(26)36)18-37-31-28(34)16-25(17-29(31)35)24-12-10-23(11-13-24)22-8-6-21(7-9-22)20-4-2-1-3-5-20/h1-5,14-17,21-24H,6-13,18H2. The second-order valence-corrected chi connectivity index (χ2v) is 10.6. The van der Waals surface area contributed by atoms with E-state index in [4.69, 9.17) is 4.74 Å². The Morgan fingerprint density at radius 1 is 0.568 bits per heavy atom. The molecule has 3 aromatic rings. The molecular weight excluding hydrogens is 483 g/mol. The second kappa shape index (κ2) is 11.2. The molecule has 0 radical (unpaired) electrons. The first-order chi connectivity index (χ1) is 17.9. The Hall–Kier alpha value is -2.89. The zero-order valence-electron chi connectivity index (χ0n) is 20.7. The van der Waals surface area contributed by atoms with Gasteiger partial charge in [-0.05, 0) is 116 Å². The molecule has 0 spiro atoms. The average molecular weight is 515 g/mol. The van der Waals surface area contributed by atoms with Crippen molar-refractivity contribution in [1.82, 2.24) is 0 Å². The molecule has 37 heavy (non-hydrogen) atoms. The van der Waals surface area contributed by atoms with Gasteiger partial charge >= 0.3 is 0 Å². The van der Waals surface area contributed by atoms with Gasteiger partial charge in [-0.25, -0.2) is 22.0 Å². The van der Waals surface area contributed by atoms with E-state index in [0.29, 0.717) is 17.4 Å². The van der Waals surface area contributed by atoms with Gasteiger partial charge in [0.25, 0.3) is 0 Å². The summed E-state index contributed by atoms with van der Waals surface area (Å²) in [5.74, 6) is -4.51. The van der Waals surface area contributed by atoms with Crippen LogP contribution in [-0.2, 0) is 6.61 Å². The van der Waals surface area contributed by atoms with Gasteiger partial charge in [0, 0.05) is 0 Å². The summed E-state index contributed by atoms with van der Waals surface area (Å²) < 4.78 is 74.6. The summed E-state index contributed by atoms with van der Waals surface area (Å²) >= 11 is 0. The largest absolute Gasteiger partial charge is 0.483 e. The third-order valence-electron chi connectivity index (χ3n) is 8.40. The molecule has 196 valence electrons. The Balaban J connectivity index is 1.15. The van der Waals surface area contributed by atoms with E-state index < -0.39 is 41.4 Å². The first kappa shape index (κ1) is 25.7. The lowest BCUT2D eigenvalue weighted by atomic mass is 9.67. The molecule has 2 aliphatic carbocycles. The lowest BCUT2D eigenvalue weighted by Crippen LogP contribution is -2.25. The molecule has 0 aliphatic heterocycles. The Morgan fingerprint density at radius 2 is 1.05 bits per heavy atom. The first-order valence-electron chi connectivity index (χ1n) is 13.2. The fourth-order valence-corrected chi connectivity index (χ4v) is 6.37. The van der Waals surface area contributed by atoms with Crippen LogP contribution >= 0.6 is 0 Å². The van der Waals surface area contributed by atoms with Gasteiger partial charge in [0.05, 0.1) is 0 Å². The molecule has 3 aromatic carbocycles. The maximum Gasteiger partial charge on any atom is 0.194 e. The van der Waals surface area contributed by atoms with Crippen LogP contribution in [-0.4, -0.2) is 0 Å². The number of hydrogen-bond acceptors (Lipinski definition) is 1. The number of hydrogen-bond donors (Lipinski definition) is 0. The molecule has 2 saturated carbocycles. The van der Waals surface area contributed by atoms with Gasteiger partial charge in [0.15, 0.2) is 34.8 Å². The summed E-state index contributed by atoms with van der Waals surface area (Å²) in [6, 6.07) is 14.8. The highest BCUT2D eigenvalue weighted by Gasteiger charge is 2.32. The topological polar surface area (TPSA) is 9.23 Å². The predicted octanol–water partition coefficient (Wildman–Crippen LogP) is 9.21. The van der Waals surface area contributed by atoms with Crippen molar-refractivity contribution in [1.29, 1.82) is 0 Å². The summed E-state index contributed by atoms with van der Waals surface area (Å²) in [5, 5.41) is 0. The van der Waals surface area contributed by atoms with Gasteiger partial charge in [0.1, 0.15) is 6.61 Å². The molecule has 0 N–H and O–H groups in total. The lowest BCUT2D eigenvalue weighted by Gasteiger charge is -2.38. The van der Waals surface area contributed by atoms with Crippen molar-refractivity contribution in [3.8, 4) is 5.75 Å². The highest BCUT2D eigenvalue weighted by Crippen LogP contribution is 2.46. The second-order valence-electron chi connectivity index (χ2n) is 10.6. The van der Waals surface area contributed by atoms with Crippen LogP contribution in [0.2, 0.25) is 0 Å². The van der Waals surface area contributed by atoms with Gasteiger partial charge in [0.2, 0.25) is 0 Å². The first-order valence-corrected chi connectivity index (χ1v) is 13.2. The van der Waals surface area contributed by atoms with Crippen molar-refractivity contribution in [2.45, 2.75) is 69.8 Å². The summed E-state index contributed by atoms with van der Waals surface area (Å²) in [6.45, 7) is -0.487. The SMILES string of the molecule is Fc1cc(COc2c(F)cc(C3CCC(C4CCC(c5ccccc5)CC4)CC3)cc2F)cc(F)c1F. The minimum Gasteiger partial charge on any atom is -0.483 e. The van der Waals surface area contributed by atoms with E-state index in [1.807, 2.05) is 0 Å². The molecule has 0 atom stereocenters. The predicted molar refractivity (Wildman–Crippen MR) is 133 cm³/mol. The van der Waals surface area contributed by atoms with E-state index in [2.05, 4.69) is 30.3 Å². The quantitative estimate of drug-likeness (QED) is 0.235. The molecule has 0 aromatic heterocycles. The van der Waals surface area contributed by atoms with Crippen molar-refractivity contribution in [3.63, 3.8) is 0 Å². The zero-order valence-corrected chi connectivity index (χ0v) is 20.7. The number of halogens is 5. The van der Waals surface area contributed by atoms with Crippen LogP contribution in [0.25, 0.3) is 0 Å². The van der Waals surface area contributed by atoms with Crippen molar-refractivity contribution in [2.24, 2.45) is 11.8 Å². The molecule has 0 unspecified atom stereocenters. The van der Waals surface area contributed by atoms with Crippen LogP contribution in [0.5, 0.6) is 5.75 Å². The fourth-order valence-electron chi connectivity index (χ4n) is 6.37. The minimum atomic E-state index is -1.60. The molecule has 0 amide bonds. The molecule has 0 heterocycles. The maximum absolute atomic E-state index is 14.8. The van der Waals surface area contributed by atoms with E-state index in [1.165, 1.54) is 43.4 Å². The van der Waals surface area contributed by atoms with E-state index in [-0.39, 0.29) is 11.5 Å². The summed E-state index contributed by atoms with van der Waals surface area (Å²) in [4.78, 5) is 0. The van der Waals surface area contributed by atoms with Crippen molar-refractivity contribution in [3.05, 3.63) is 100 Å². The molecule has 0 bridgehead atoms. The van der Waals surface area contributed by atoms with Crippen LogP contribution in [0, 0.1) is 40.9 Å². The molecule has 2 aliphatic rings. The average Bonchev–Trinajstić information content (AvgIpc) is 2.92. The van der Waals surface area contributed by atoms with Gasteiger partial charge in [-0.3, -0.25) is 0 Å². The van der Waals surface area contributed by atoms with E-state index in [9.17, 15) is 22.0 Å². The Bertz CT molecular complexity index is 1170. The Morgan fingerprint density at radius 3 is 1.57 bits per heavy atom. The highest BCUT2D eigenvalue weighted by molar-refractivity contribution is 5.34. The molecular formula is C31H31F5O. The van der Waals surface area contributed by atoms with Crippen LogP contribution in [0.4, 0.5) is 22.0 Å². The van der Waals surface area contributed by atoms with Gasteiger partial charge in [-0.15, -0.1) is 0 Å². The maximum atomic E-state index is 14.8. The molecule has 5 rings (SSSR count). The molecule has 1 nitrogen and oxygen atoms in total. The van der Waals surface area contributed by atoms with Crippen molar-refractivity contribution < 1.29 is 26.7 Å². The summed E-state index contributed by atoms with van der Waals surface area (Å²) in [5.41, 5.74) is 2.00.